The Morgan fingerprint density at radius 2 is 0.896 bits per heavy atom. The molecule has 4 heterocycles. The van der Waals surface area contributed by atoms with Gasteiger partial charge in [0.1, 0.15) is 11.5 Å². The van der Waals surface area contributed by atoms with Crippen LogP contribution in [0.1, 0.15) is 48.6 Å². The fraction of sp³-hybridized carbons (Fsp3) is 0.211. The molecule has 0 radical (unpaired) electrons. The molecule has 2 atom stereocenters. The van der Waals surface area contributed by atoms with Crippen molar-refractivity contribution in [3.8, 4) is 22.5 Å². The summed E-state index contributed by atoms with van der Waals surface area (Å²) in [5.74, 6) is 2.38. The van der Waals surface area contributed by atoms with E-state index in [1.807, 2.05) is 60.7 Å². The maximum Gasteiger partial charge on any atom is 0.175 e. The largest absolute Gasteiger partial charge is 0.469 e. The van der Waals surface area contributed by atoms with E-state index in [9.17, 15) is 16.8 Å². The van der Waals surface area contributed by atoms with Crippen LogP contribution in [-0.4, -0.2) is 39.3 Å². The molecule has 2 aromatic carbocycles. The molecule has 0 bridgehead atoms. The molecule has 48 heavy (non-hydrogen) atoms. The number of aromatic nitrogens is 2. The van der Waals surface area contributed by atoms with Crippen LogP contribution >= 0.6 is 0 Å². The number of hydrogen-bond acceptors (Lipinski definition) is 8. The maximum absolute atomic E-state index is 11.5. The molecule has 0 unspecified atom stereocenters. The van der Waals surface area contributed by atoms with Crippen LogP contribution in [0, 0.1) is 0 Å². The molecule has 0 aliphatic rings. The standard InChI is InChI=1S/2C19H19NO3S/c2*1-14(19-7-4-12-23-19)13-16-5-3-6-18(20-16)15-8-10-17(11-9-15)24(2,21)22/h2*3-12,14H,13H2,1-2H3/t2*14-/m10/s1. The van der Waals surface area contributed by atoms with Gasteiger partial charge in [-0.1, -0.05) is 50.2 Å². The van der Waals surface area contributed by atoms with Gasteiger partial charge in [0.15, 0.2) is 19.7 Å². The van der Waals surface area contributed by atoms with Crippen molar-refractivity contribution in [1.29, 1.82) is 0 Å². The Hall–Kier alpha value is -4.80. The van der Waals surface area contributed by atoms with Crippen LogP contribution in [0.2, 0.25) is 0 Å². The second kappa shape index (κ2) is 15.0. The molecule has 0 spiro atoms. The zero-order valence-electron chi connectivity index (χ0n) is 27.3. The number of hydrogen-bond donors (Lipinski definition) is 0. The Morgan fingerprint density at radius 1 is 0.521 bits per heavy atom. The molecule has 0 N–H and O–H groups in total. The molecule has 0 amide bonds. The van der Waals surface area contributed by atoms with Crippen LogP contribution in [0.15, 0.2) is 140 Å². The number of pyridine rings is 2. The van der Waals surface area contributed by atoms with E-state index in [1.165, 1.54) is 12.5 Å². The number of sulfone groups is 2. The number of furan rings is 2. The maximum atomic E-state index is 11.5. The van der Waals surface area contributed by atoms with Crippen LogP contribution in [0.4, 0.5) is 0 Å². The van der Waals surface area contributed by atoms with Crippen molar-refractivity contribution in [3.63, 3.8) is 0 Å². The van der Waals surface area contributed by atoms with Gasteiger partial charge in [0, 0.05) is 46.9 Å². The molecule has 248 valence electrons. The summed E-state index contributed by atoms with van der Waals surface area (Å²) in [5, 5.41) is 0. The second-order valence-electron chi connectivity index (χ2n) is 11.9. The molecule has 0 fully saturated rings. The summed E-state index contributed by atoms with van der Waals surface area (Å²) in [5.41, 5.74) is 5.41. The van der Waals surface area contributed by atoms with E-state index in [4.69, 9.17) is 18.8 Å². The van der Waals surface area contributed by atoms with Gasteiger partial charge in [-0.15, -0.1) is 0 Å². The SMILES string of the molecule is C[C@@H](Cc1cccc(-c2ccc(S(C)(=O)=O)cc2)n1)c1ccco1.C[C@H](Cc1cccc(-c2ccc(S(C)(=O)=O)cc2)n1)c1ccco1. The van der Waals surface area contributed by atoms with Gasteiger partial charge in [-0.3, -0.25) is 9.97 Å². The minimum absolute atomic E-state index is 0.246. The predicted molar refractivity (Wildman–Crippen MR) is 187 cm³/mol. The first kappa shape index (κ1) is 34.5. The molecular formula is C38H38N2O6S2. The van der Waals surface area contributed by atoms with Crippen LogP contribution in [-0.2, 0) is 32.5 Å². The van der Waals surface area contributed by atoms with Gasteiger partial charge in [0.25, 0.3) is 0 Å². The van der Waals surface area contributed by atoms with Crippen molar-refractivity contribution in [2.24, 2.45) is 0 Å². The molecule has 6 rings (SSSR count). The summed E-state index contributed by atoms with van der Waals surface area (Å²) in [6, 6.07) is 33.1. The number of benzene rings is 2. The lowest BCUT2D eigenvalue weighted by molar-refractivity contribution is 0.471. The van der Waals surface area contributed by atoms with E-state index in [0.717, 1.165) is 58.3 Å². The molecule has 8 nitrogen and oxygen atoms in total. The van der Waals surface area contributed by atoms with Gasteiger partial charge < -0.3 is 8.83 Å². The van der Waals surface area contributed by atoms with Gasteiger partial charge in [-0.05, 0) is 85.6 Å². The lowest BCUT2D eigenvalue weighted by Gasteiger charge is -2.09. The average molecular weight is 683 g/mol. The van der Waals surface area contributed by atoms with Crippen LogP contribution in [0.5, 0.6) is 0 Å². The van der Waals surface area contributed by atoms with Crippen LogP contribution < -0.4 is 0 Å². The van der Waals surface area contributed by atoms with Crippen molar-refractivity contribution in [2.75, 3.05) is 12.5 Å². The Labute approximate surface area is 282 Å². The summed E-state index contributed by atoms with van der Waals surface area (Å²) in [7, 11) is -6.36. The Bertz CT molecular complexity index is 1980. The van der Waals surface area contributed by atoms with Crippen molar-refractivity contribution in [1.82, 2.24) is 9.97 Å². The summed E-state index contributed by atoms with van der Waals surface area (Å²) in [6.07, 6.45) is 7.33. The van der Waals surface area contributed by atoms with Gasteiger partial charge >= 0.3 is 0 Å². The van der Waals surface area contributed by atoms with Gasteiger partial charge in [-0.25, -0.2) is 16.8 Å². The van der Waals surface area contributed by atoms with Crippen molar-refractivity contribution >= 4 is 19.7 Å². The third-order valence-corrected chi connectivity index (χ3v) is 10.1. The highest BCUT2D eigenvalue weighted by Gasteiger charge is 2.13. The number of rotatable bonds is 10. The zero-order chi connectivity index (χ0) is 34.3. The third kappa shape index (κ3) is 9.17. The highest BCUT2D eigenvalue weighted by Crippen LogP contribution is 2.25. The minimum atomic E-state index is -3.18. The van der Waals surface area contributed by atoms with E-state index in [1.54, 1.807) is 61.1 Å². The van der Waals surface area contributed by atoms with E-state index < -0.39 is 19.7 Å². The fourth-order valence-corrected chi connectivity index (χ4v) is 6.49. The van der Waals surface area contributed by atoms with Crippen molar-refractivity contribution in [2.45, 2.75) is 48.3 Å². The summed E-state index contributed by atoms with van der Waals surface area (Å²) >= 11 is 0. The molecule has 0 aliphatic carbocycles. The summed E-state index contributed by atoms with van der Waals surface area (Å²) < 4.78 is 57.1. The summed E-state index contributed by atoms with van der Waals surface area (Å²) in [6.45, 7) is 4.21. The lowest BCUT2D eigenvalue weighted by atomic mass is 10.0. The fourth-order valence-electron chi connectivity index (χ4n) is 5.23. The van der Waals surface area contributed by atoms with Gasteiger partial charge in [0.2, 0.25) is 0 Å². The second-order valence-corrected chi connectivity index (χ2v) is 15.9. The molecule has 6 aromatic rings. The Morgan fingerprint density at radius 3 is 1.21 bits per heavy atom. The molecule has 4 aromatic heterocycles. The quantitative estimate of drug-likeness (QED) is 0.142. The van der Waals surface area contributed by atoms with E-state index in [-0.39, 0.29) is 11.8 Å². The highest BCUT2D eigenvalue weighted by molar-refractivity contribution is 7.91. The Balaban J connectivity index is 0.000000188. The van der Waals surface area contributed by atoms with Crippen LogP contribution in [0.25, 0.3) is 22.5 Å². The van der Waals surface area contributed by atoms with Gasteiger partial charge in [-0.2, -0.15) is 0 Å². The lowest BCUT2D eigenvalue weighted by Crippen LogP contribution is -2.00. The van der Waals surface area contributed by atoms with E-state index in [0.29, 0.717) is 9.79 Å². The molecule has 0 saturated heterocycles. The first-order valence-electron chi connectivity index (χ1n) is 15.5. The van der Waals surface area contributed by atoms with E-state index in [2.05, 4.69) is 13.8 Å². The molecule has 0 aliphatic heterocycles. The number of nitrogens with zero attached hydrogens (tertiary/aromatic N) is 2. The normalized spacial score (nSPS) is 12.9. The monoisotopic (exact) mass is 682 g/mol. The first-order valence-corrected chi connectivity index (χ1v) is 19.2. The zero-order valence-corrected chi connectivity index (χ0v) is 28.9. The Kier molecular flexibility index (Phi) is 10.8. The molecule has 0 saturated carbocycles. The average Bonchev–Trinajstić information content (AvgIpc) is 3.81. The summed E-state index contributed by atoms with van der Waals surface area (Å²) in [4.78, 5) is 10.0. The van der Waals surface area contributed by atoms with Crippen molar-refractivity contribution in [3.05, 3.63) is 145 Å². The highest BCUT2D eigenvalue weighted by atomic mass is 32.2. The van der Waals surface area contributed by atoms with Gasteiger partial charge in [0.05, 0.1) is 33.7 Å². The van der Waals surface area contributed by atoms with E-state index >= 15 is 0 Å². The van der Waals surface area contributed by atoms with Crippen LogP contribution in [0.3, 0.4) is 0 Å². The predicted octanol–water partition coefficient (Wildman–Crippen LogP) is 8.18. The molecule has 10 heteroatoms. The molecular weight excluding hydrogens is 645 g/mol. The third-order valence-electron chi connectivity index (χ3n) is 7.86. The smallest absolute Gasteiger partial charge is 0.175 e. The minimum Gasteiger partial charge on any atom is -0.469 e. The first-order chi connectivity index (χ1) is 22.9. The topological polar surface area (TPSA) is 120 Å². The van der Waals surface area contributed by atoms with Crippen molar-refractivity contribution < 1.29 is 25.7 Å².